The van der Waals surface area contributed by atoms with Gasteiger partial charge in [0, 0.05) is 21.2 Å². The molecule has 3 heterocycles. The number of nitrogens with zero attached hydrogens (tertiary/aromatic N) is 5. The average Bonchev–Trinajstić information content (AvgIpc) is 3.55. The van der Waals surface area contributed by atoms with Gasteiger partial charge in [-0.3, -0.25) is 14.3 Å². The molecule has 2 aromatic heterocycles. The van der Waals surface area contributed by atoms with Crippen LogP contribution in [0.15, 0.2) is 76.8 Å². The first-order valence-electron chi connectivity index (χ1n) is 13.9. The number of aliphatic hydroxyl groups excluding tert-OH is 1. The van der Waals surface area contributed by atoms with Crippen LogP contribution in [0, 0.1) is 0 Å². The maximum atomic E-state index is 12.8. The number of imidazole rings is 1. The lowest BCUT2D eigenvalue weighted by atomic mass is 10.1. The van der Waals surface area contributed by atoms with Gasteiger partial charge in [0.1, 0.15) is 18.3 Å². The Labute approximate surface area is 245 Å². The molecular weight excluding hydrogens is 552 g/mol. The van der Waals surface area contributed by atoms with Crippen LogP contribution < -0.4 is 15.9 Å². The molecule has 4 atom stereocenters. The van der Waals surface area contributed by atoms with E-state index in [1.807, 2.05) is 50.5 Å². The molecule has 0 amide bonds. The van der Waals surface area contributed by atoms with Crippen LogP contribution in [0.1, 0.15) is 27.0 Å². The van der Waals surface area contributed by atoms with Crippen LogP contribution in [0.2, 0.25) is 5.04 Å². The molecule has 11 nitrogen and oxygen atoms in total. The largest absolute Gasteiger partial charge is 0.399 e. The molecule has 0 saturated carbocycles. The fourth-order valence-electron chi connectivity index (χ4n) is 5.70. The quantitative estimate of drug-likeness (QED) is 0.173. The Morgan fingerprint density at radius 1 is 1.10 bits per heavy atom. The second-order valence-electron chi connectivity index (χ2n) is 11.6. The Balaban J connectivity index is 1.62. The Hall–Kier alpha value is -3.68. The molecule has 2 unspecified atom stereocenters. The molecule has 0 spiro atoms. The number of aromatic amines is 1. The number of hydrogen-bond donors (Lipinski definition) is 2. The monoisotopic (exact) mass is 590 g/mol. The van der Waals surface area contributed by atoms with Crippen LogP contribution in [0.5, 0.6) is 0 Å². The highest BCUT2D eigenvalue weighted by atomic mass is 28.4. The summed E-state index contributed by atoms with van der Waals surface area (Å²) < 4.78 is 21.5. The molecule has 2 aromatic carbocycles. The highest BCUT2D eigenvalue weighted by molar-refractivity contribution is 6.99. The van der Waals surface area contributed by atoms with Crippen LogP contribution in [0.3, 0.4) is 0 Å². The molecule has 42 heavy (non-hydrogen) atoms. The van der Waals surface area contributed by atoms with Crippen LogP contribution >= 0.6 is 0 Å². The highest BCUT2D eigenvalue weighted by Crippen LogP contribution is 2.42. The number of hydrogen-bond acceptors (Lipinski definition) is 8. The number of rotatable bonds is 9. The summed E-state index contributed by atoms with van der Waals surface area (Å²) in [7, 11) is 2.20. The van der Waals surface area contributed by atoms with Crippen molar-refractivity contribution in [2.24, 2.45) is 4.99 Å². The predicted octanol–water partition coefficient (Wildman–Crippen LogP) is 2.19. The van der Waals surface area contributed by atoms with Gasteiger partial charge in [-0.15, -0.1) is 0 Å². The maximum absolute atomic E-state index is 12.8. The lowest BCUT2D eigenvalue weighted by molar-refractivity contribution is -0.0583. The van der Waals surface area contributed by atoms with Gasteiger partial charge in [0.05, 0.1) is 19.3 Å². The summed E-state index contributed by atoms with van der Waals surface area (Å²) in [5, 5.41) is 12.5. The number of methoxy groups -OCH3 is 1. The molecular formula is C30H38N6O5Si. The summed E-state index contributed by atoms with van der Waals surface area (Å²) in [5.74, 6) is 0.133. The number of fused-ring (bicyclic) bond motifs is 1. The van der Waals surface area contributed by atoms with Crippen molar-refractivity contribution in [1.29, 1.82) is 0 Å². The number of aliphatic hydroxyl groups is 1. The summed E-state index contributed by atoms with van der Waals surface area (Å²) in [6.45, 7) is 6.28. The third-order valence-electron chi connectivity index (χ3n) is 7.57. The molecule has 1 aliphatic heterocycles. The second kappa shape index (κ2) is 11.9. The SMILES string of the molecule is COC1C(O[Si](c2ccccc2)(c2ccccc2)C(C)(C)C)[C@@H](CO)O[C@H]1n1cnc2c(=O)[nH]c(N=CN(C)C)nc21. The zero-order chi connectivity index (χ0) is 30.1. The summed E-state index contributed by atoms with van der Waals surface area (Å²) >= 11 is 0. The van der Waals surface area contributed by atoms with Crippen LogP contribution in [0.4, 0.5) is 5.95 Å². The van der Waals surface area contributed by atoms with E-state index in [-0.39, 0.29) is 23.1 Å². The molecule has 1 aliphatic rings. The van der Waals surface area contributed by atoms with E-state index in [2.05, 4.69) is 65.0 Å². The summed E-state index contributed by atoms with van der Waals surface area (Å²) in [6, 6.07) is 20.5. The summed E-state index contributed by atoms with van der Waals surface area (Å²) in [4.78, 5) is 30.3. The van der Waals surface area contributed by atoms with Crippen molar-refractivity contribution in [3.63, 3.8) is 0 Å². The van der Waals surface area contributed by atoms with Crippen molar-refractivity contribution in [2.45, 2.75) is 50.3 Å². The van der Waals surface area contributed by atoms with E-state index in [1.165, 1.54) is 6.33 Å². The lowest BCUT2D eigenvalue weighted by Gasteiger charge is -2.45. The minimum Gasteiger partial charge on any atom is -0.399 e. The van der Waals surface area contributed by atoms with Crippen molar-refractivity contribution >= 4 is 42.1 Å². The highest BCUT2D eigenvalue weighted by Gasteiger charge is 2.56. The molecule has 5 rings (SSSR count). The van der Waals surface area contributed by atoms with Crippen LogP contribution in [-0.2, 0) is 13.9 Å². The molecule has 1 fully saturated rings. The molecule has 4 aromatic rings. The summed E-state index contributed by atoms with van der Waals surface area (Å²) in [5.41, 5.74) is 0.0177. The van der Waals surface area contributed by atoms with E-state index in [0.717, 1.165) is 10.4 Å². The third-order valence-corrected chi connectivity index (χ3v) is 12.6. The van der Waals surface area contributed by atoms with E-state index in [1.54, 1.807) is 22.9 Å². The van der Waals surface area contributed by atoms with Crippen molar-refractivity contribution in [1.82, 2.24) is 24.4 Å². The normalized spacial score (nSPS) is 21.4. The molecule has 1 saturated heterocycles. The van der Waals surface area contributed by atoms with Gasteiger partial charge in [-0.1, -0.05) is 81.4 Å². The van der Waals surface area contributed by atoms with Gasteiger partial charge < -0.3 is 23.9 Å². The molecule has 12 heteroatoms. The fraction of sp³-hybridized carbons (Fsp3) is 0.400. The summed E-state index contributed by atoms with van der Waals surface area (Å²) in [6.07, 6.45) is 0.248. The van der Waals surface area contributed by atoms with Crippen LogP contribution in [0.25, 0.3) is 11.2 Å². The van der Waals surface area contributed by atoms with Gasteiger partial charge in [0.2, 0.25) is 5.95 Å². The molecule has 222 valence electrons. The first-order chi connectivity index (χ1) is 20.1. The van der Waals surface area contributed by atoms with Crippen molar-refractivity contribution < 1.29 is 19.0 Å². The number of H-pyrrole nitrogens is 1. The van der Waals surface area contributed by atoms with Crippen molar-refractivity contribution in [3.05, 3.63) is 77.3 Å². The Kier molecular flexibility index (Phi) is 8.44. The van der Waals surface area contributed by atoms with Crippen molar-refractivity contribution in [3.8, 4) is 0 Å². The first-order valence-corrected chi connectivity index (χ1v) is 15.8. The van der Waals surface area contributed by atoms with Crippen molar-refractivity contribution in [2.75, 3.05) is 27.8 Å². The molecule has 0 radical (unpaired) electrons. The standard InChI is InChI=1S/C30H38N6O5Si/c1-30(2,3)42(20-13-9-7-10-14-20,21-15-11-8-12-16-21)41-24-22(17-37)40-28(25(24)39-6)36-19-31-23-26(36)33-29(34-27(23)38)32-18-35(4)5/h7-16,18-19,22,24-25,28,37H,17H2,1-6H3,(H,33,34,38)/t22-,24?,25?,28-/m1/s1. The predicted molar refractivity (Wildman–Crippen MR) is 164 cm³/mol. The van der Waals surface area contributed by atoms with E-state index >= 15 is 0 Å². The zero-order valence-electron chi connectivity index (χ0n) is 24.8. The van der Waals surface area contributed by atoms with E-state index in [4.69, 9.17) is 13.9 Å². The van der Waals surface area contributed by atoms with E-state index in [9.17, 15) is 9.90 Å². The second-order valence-corrected chi connectivity index (χ2v) is 15.9. The number of aromatic nitrogens is 4. The number of ether oxygens (including phenoxy) is 2. The van der Waals surface area contributed by atoms with Gasteiger partial charge in [-0.25, -0.2) is 9.98 Å². The Bertz CT molecular complexity index is 1550. The molecule has 0 aliphatic carbocycles. The smallest absolute Gasteiger partial charge is 0.280 e. The van der Waals surface area contributed by atoms with Crippen LogP contribution in [-0.4, -0.2) is 90.3 Å². The fourth-order valence-corrected chi connectivity index (χ4v) is 10.4. The maximum Gasteiger partial charge on any atom is 0.280 e. The van der Waals surface area contributed by atoms with E-state index < -0.39 is 38.4 Å². The van der Waals surface area contributed by atoms with Gasteiger partial charge >= 0.3 is 0 Å². The molecule has 0 bridgehead atoms. The first kappa shape index (κ1) is 29.8. The minimum atomic E-state index is -3.03. The number of benzene rings is 2. The lowest BCUT2D eigenvalue weighted by Crippen LogP contribution is -2.69. The van der Waals surface area contributed by atoms with Gasteiger partial charge in [-0.05, 0) is 15.4 Å². The topological polar surface area (TPSA) is 127 Å². The van der Waals surface area contributed by atoms with Gasteiger partial charge in [0.15, 0.2) is 17.4 Å². The average molecular weight is 591 g/mol. The Morgan fingerprint density at radius 2 is 1.71 bits per heavy atom. The van der Waals surface area contributed by atoms with E-state index in [0.29, 0.717) is 5.65 Å². The van der Waals surface area contributed by atoms with Gasteiger partial charge in [-0.2, -0.15) is 4.98 Å². The zero-order valence-corrected chi connectivity index (χ0v) is 25.8. The minimum absolute atomic E-state index is 0.133. The number of aliphatic imine (C=N–C) groups is 1. The Morgan fingerprint density at radius 3 is 2.24 bits per heavy atom. The molecule has 2 N–H and O–H groups in total. The van der Waals surface area contributed by atoms with Gasteiger partial charge in [0.25, 0.3) is 13.9 Å². The third kappa shape index (κ3) is 5.32. The number of nitrogens with one attached hydrogen (secondary N) is 1.